The topological polar surface area (TPSA) is 50.1 Å². The van der Waals surface area contributed by atoms with Crippen LogP contribution in [0.1, 0.15) is 25.5 Å². The summed E-state index contributed by atoms with van der Waals surface area (Å²) < 4.78 is 1.93. The summed E-state index contributed by atoms with van der Waals surface area (Å²) in [6.45, 7) is 5.77. The molecule has 0 aliphatic rings. The summed E-state index contributed by atoms with van der Waals surface area (Å²) in [7, 11) is 0. The zero-order valence-electron chi connectivity index (χ0n) is 8.20. The molecule has 0 bridgehead atoms. The van der Waals surface area contributed by atoms with Crippen molar-refractivity contribution in [3.8, 4) is 0 Å². The van der Waals surface area contributed by atoms with Gasteiger partial charge in [-0.05, 0) is 13.8 Å². The van der Waals surface area contributed by atoms with Crippen molar-refractivity contribution < 1.29 is 5.11 Å². The number of aliphatic hydroxyl groups is 1. The van der Waals surface area contributed by atoms with E-state index in [1.54, 1.807) is 0 Å². The molecule has 1 aromatic rings. The molecule has 0 fully saturated rings. The third kappa shape index (κ3) is 3.16. The molecule has 0 aliphatic heterocycles. The molecule has 0 aliphatic carbocycles. The molecule has 2 N–H and O–H groups in total. The normalized spacial score (nSPS) is 11.1. The van der Waals surface area contributed by atoms with E-state index >= 15 is 0 Å². The van der Waals surface area contributed by atoms with Crippen LogP contribution in [0.4, 0.5) is 0 Å². The van der Waals surface area contributed by atoms with Gasteiger partial charge in [-0.15, -0.1) is 0 Å². The number of hydrogen-bond donors (Lipinski definition) is 2. The molecule has 4 nitrogen and oxygen atoms in total. The fourth-order valence-electron chi connectivity index (χ4n) is 1.06. The van der Waals surface area contributed by atoms with E-state index in [-0.39, 0.29) is 6.61 Å². The van der Waals surface area contributed by atoms with Gasteiger partial charge >= 0.3 is 0 Å². The van der Waals surface area contributed by atoms with Crippen LogP contribution in [-0.4, -0.2) is 28.0 Å². The van der Waals surface area contributed by atoms with Crippen molar-refractivity contribution in [1.82, 2.24) is 15.1 Å². The molecule has 0 radical (unpaired) electrons. The predicted molar refractivity (Wildman–Crippen MR) is 51.4 cm³/mol. The molecule has 13 heavy (non-hydrogen) atoms. The Morgan fingerprint density at radius 2 is 2.38 bits per heavy atom. The second-order valence-electron chi connectivity index (χ2n) is 3.32. The highest BCUT2D eigenvalue weighted by Crippen LogP contribution is 2.04. The second kappa shape index (κ2) is 4.99. The van der Waals surface area contributed by atoms with E-state index in [2.05, 4.69) is 24.3 Å². The molecule has 0 aromatic carbocycles. The Kier molecular flexibility index (Phi) is 3.92. The Bertz CT molecular complexity index is 245. The van der Waals surface area contributed by atoms with Crippen LogP contribution in [0, 0.1) is 0 Å². The van der Waals surface area contributed by atoms with E-state index in [0.717, 1.165) is 12.1 Å². The number of nitrogens with one attached hydrogen (secondary N) is 1. The molecule has 0 saturated heterocycles. The van der Waals surface area contributed by atoms with Crippen molar-refractivity contribution >= 4 is 0 Å². The van der Waals surface area contributed by atoms with Gasteiger partial charge in [0.1, 0.15) is 0 Å². The fourth-order valence-corrected chi connectivity index (χ4v) is 1.06. The minimum absolute atomic E-state index is 0.179. The van der Waals surface area contributed by atoms with Gasteiger partial charge in [-0.3, -0.25) is 4.68 Å². The smallest absolute Gasteiger partial charge is 0.0556 e. The summed E-state index contributed by atoms with van der Waals surface area (Å²) in [6, 6.07) is 0.409. The van der Waals surface area contributed by atoms with E-state index in [1.807, 2.05) is 17.1 Å². The lowest BCUT2D eigenvalue weighted by molar-refractivity contribution is 0.292. The average molecular weight is 183 g/mol. The molecule has 0 spiro atoms. The summed E-state index contributed by atoms with van der Waals surface area (Å²) >= 11 is 0. The minimum Gasteiger partial charge on any atom is -0.395 e. The van der Waals surface area contributed by atoms with Gasteiger partial charge < -0.3 is 10.4 Å². The first kappa shape index (κ1) is 10.2. The summed E-state index contributed by atoms with van der Waals surface area (Å²) in [5, 5.41) is 15.9. The Labute approximate surface area is 78.6 Å². The first-order valence-corrected chi connectivity index (χ1v) is 4.58. The third-order valence-corrected chi connectivity index (χ3v) is 1.80. The van der Waals surface area contributed by atoms with Crippen LogP contribution in [0.5, 0.6) is 0 Å². The number of rotatable bonds is 5. The van der Waals surface area contributed by atoms with Gasteiger partial charge in [-0.2, -0.15) is 5.10 Å². The molecule has 4 heteroatoms. The lowest BCUT2D eigenvalue weighted by atomic mass is 10.3. The molecule has 1 aromatic heterocycles. The third-order valence-electron chi connectivity index (χ3n) is 1.80. The first-order chi connectivity index (χ1) is 6.24. The zero-order chi connectivity index (χ0) is 9.68. The molecular weight excluding hydrogens is 166 g/mol. The monoisotopic (exact) mass is 183 g/mol. The average Bonchev–Trinajstić information content (AvgIpc) is 2.53. The number of aromatic nitrogens is 2. The van der Waals surface area contributed by atoms with Crippen molar-refractivity contribution in [1.29, 1.82) is 0 Å². The van der Waals surface area contributed by atoms with Crippen LogP contribution in [0.15, 0.2) is 12.4 Å². The van der Waals surface area contributed by atoms with Crippen molar-refractivity contribution in [3.63, 3.8) is 0 Å². The first-order valence-electron chi connectivity index (χ1n) is 4.58. The molecular formula is C9H17N3O. The summed E-state index contributed by atoms with van der Waals surface area (Å²) in [4.78, 5) is 0. The Hall–Kier alpha value is -0.870. The molecule has 74 valence electrons. The largest absolute Gasteiger partial charge is 0.395 e. The van der Waals surface area contributed by atoms with Crippen LogP contribution >= 0.6 is 0 Å². The highest BCUT2D eigenvalue weighted by molar-refractivity contribution is 5.03. The Morgan fingerprint density at radius 3 is 2.92 bits per heavy atom. The molecule has 0 atom stereocenters. The van der Waals surface area contributed by atoms with Gasteiger partial charge in [0.25, 0.3) is 0 Å². The second-order valence-corrected chi connectivity index (χ2v) is 3.32. The van der Waals surface area contributed by atoms with E-state index in [0.29, 0.717) is 12.6 Å². The van der Waals surface area contributed by atoms with Crippen molar-refractivity contribution in [3.05, 3.63) is 18.0 Å². The van der Waals surface area contributed by atoms with Gasteiger partial charge in [0.15, 0.2) is 0 Å². The molecule has 0 saturated carbocycles. The Morgan fingerprint density at radius 1 is 1.62 bits per heavy atom. The quantitative estimate of drug-likeness (QED) is 0.655. The maximum Gasteiger partial charge on any atom is 0.0556 e. The van der Waals surface area contributed by atoms with E-state index in [9.17, 15) is 0 Å². The summed E-state index contributed by atoms with van der Waals surface area (Å²) in [5.74, 6) is 0. The highest BCUT2D eigenvalue weighted by atomic mass is 16.3. The maximum absolute atomic E-state index is 8.55. The SMILES string of the molecule is CC(C)n1cc(CNCCO)cn1. The van der Waals surface area contributed by atoms with Crippen LogP contribution in [0.2, 0.25) is 0 Å². The zero-order valence-corrected chi connectivity index (χ0v) is 8.20. The van der Waals surface area contributed by atoms with Crippen LogP contribution in [0.25, 0.3) is 0 Å². The van der Waals surface area contributed by atoms with Crippen molar-refractivity contribution in [2.75, 3.05) is 13.2 Å². The molecule has 1 heterocycles. The standard InChI is InChI=1S/C9H17N3O/c1-8(2)12-7-9(6-11-12)5-10-3-4-13/h6-8,10,13H,3-5H2,1-2H3. The summed E-state index contributed by atoms with van der Waals surface area (Å²) in [6.07, 6.45) is 3.87. The molecule has 0 amide bonds. The van der Waals surface area contributed by atoms with Crippen molar-refractivity contribution in [2.45, 2.75) is 26.4 Å². The van der Waals surface area contributed by atoms with E-state index < -0.39 is 0 Å². The number of nitrogens with zero attached hydrogens (tertiary/aromatic N) is 2. The summed E-state index contributed by atoms with van der Waals surface area (Å²) in [5.41, 5.74) is 1.15. The number of hydrogen-bond acceptors (Lipinski definition) is 3. The van der Waals surface area contributed by atoms with Gasteiger partial charge in [0.05, 0.1) is 12.8 Å². The maximum atomic E-state index is 8.55. The van der Waals surface area contributed by atoms with Crippen LogP contribution in [-0.2, 0) is 6.54 Å². The minimum atomic E-state index is 0.179. The Balaban J connectivity index is 2.40. The highest BCUT2D eigenvalue weighted by Gasteiger charge is 2.00. The molecule has 1 rings (SSSR count). The van der Waals surface area contributed by atoms with Gasteiger partial charge in [0.2, 0.25) is 0 Å². The van der Waals surface area contributed by atoms with Crippen molar-refractivity contribution in [2.24, 2.45) is 0 Å². The fraction of sp³-hybridized carbons (Fsp3) is 0.667. The van der Waals surface area contributed by atoms with Crippen LogP contribution < -0.4 is 5.32 Å². The van der Waals surface area contributed by atoms with Crippen LogP contribution in [0.3, 0.4) is 0 Å². The van der Waals surface area contributed by atoms with E-state index in [1.165, 1.54) is 0 Å². The van der Waals surface area contributed by atoms with Gasteiger partial charge in [0, 0.05) is 30.9 Å². The lowest BCUT2D eigenvalue weighted by Crippen LogP contribution is -2.17. The number of aliphatic hydroxyl groups excluding tert-OH is 1. The predicted octanol–water partition coefficient (Wildman–Crippen LogP) is 0.546. The van der Waals surface area contributed by atoms with E-state index in [4.69, 9.17) is 5.11 Å². The molecule has 0 unspecified atom stereocenters. The lowest BCUT2D eigenvalue weighted by Gasteiger charge is -2.03. The van der Waals surface area contributed by atoms with Gasteiger partial charge in [-0.25, -0.2) is 0 Å². The van der Waals surface area contributed by atoms with Gasteiger partial charge in [-0.1, -0.05) is 0 Å².